The molecule has 100 valence electrons. The number of rotatable bonds is 2. The number of nitrogens with zero attached hydrogens (tertiary/aromatic N) is 2. The van der Waals surface area contributed by atoms with Crippen molar-refractivity contribution in [3.8, 4) is 0 Å². The van der Waals surface area contributed by atoms with E-state index in [2.05, 4.69) is 35.0 Å². The van der Waals surface area contributed by atoms with Crippen molar-refractivity contribution in [1.82, 2.24) is 4.98 Å². The number of para-hydroxylation sites is 1. The number of hydrogen-bond acceptors (Lipinski definition) is 4. The third kappa shape index (κ3) is 2.29. The van der Waals surface area contributed by atoms with Crippen LogP contribution in [-0.4, -0.2) is 42.5 Å². The summed E-state index contributed by atoms with van der Waals surface area (Å²) in [6, 6.07) is 8.29. The Bertz CT molecular complexity index is 585. The highest BCUT2D eigenvalue weighted by Gasteiger charge is 2.21. The van der Waals surface area contributed by atoms with Crippen LogP contribution in [0.4, 0.5) is 5.69 Å². The Morgan fingerprint density at radius 1 is 1.42 bits per heavy atom. The summed E-state index contributed by atoms with van der Waals surface area (Å²) in [5.74, 6) is 0. The number of aliphatic hydroxyl groups excluding tert-OH is 1. The van der Waals surface area contributed by atoms with Crippen LogP contribution in [0.2, 0.25) is 0 Å². The Labute approximate surface area is 112 Å². The number of aryl methyl sites for hydroxylation is 1. The van der Waals surface area contributed by atoms with E-state index in [4.69, 9.17) is 4.74 Å². The molecule has 1 N–H and O–H groups in total. The molecule has 4 heteroatoms. The first-order valence-electron chi connectivity index (χ1n) is 6.61. The summed E-state index contributed by atoms with van der Waals surface area (Å²) in [6.07, 6.45) is 1.76. The van der Waals surface area contributed by atoms with Crippen molar-refractivity contribution < 1.29 is 9.84 Å². The Hall–Kier alpha value is -1.65. The van der Waals surface area contributed by atoms with Gasteiger partial charge in [-0.2, -0.15) is 0 Å². The quantitative estimate of drug-likeness (QED) is 0.891. The van der Waals surface area contributed by atoms with Gasteiger partial charge in [-0.1, -0.05) is 18.2 Å². The molecule has 1 atom stereocenters. The molecule has 0 radical (unpaired) electrons. The number of ether oxygens (including phenoxy) is 1. The van der Waals surface area contributed by atoms with E-state index in [1.165, 1.54) is 16.6 Å². The van der Waals surface area contributed by atoms with Crippen molar-refractivity contribution in [2.75, 3.05) is 31.2 Å². The molecule has 0 aliphatic carbocycles. The fourth-order valence-corrected chi connectivity index (χ4v) is 2.63. The minimum Gasteiger partial charge on any atom is -0.394 e. The lowest BCUT2D eigenvalue weighted by Gasteiger charge is -2.34. The van der Waals surface area contributed by atoms with E-state index in [1.807, 2.05) is 12.3 Å². The van der Waals surface area contributed by atoms with Gasteiger partial charge in [0.1, 0.15) is 0 Å². The SMILES string of the molecule is Cc1cccc2c(N3CCOC(CO)C3)ccnc12. The van der Waals surface area contributed by atoms with Gasteiger partial charge in [-0.05, 0) is 18.6 Å². The maximum Gasteiger partial charge on any atom is 0.0980 e. The fraction of sp³-hybridized carbons (Fsp3) is 0.400. The number of anilines is 1. The fourth-order valence-electron chi connectivity index (χ4n) is 2.63. The number of aliphatic hydroxyl groups is 1. The summed E-state index contributed by atoms with van der Waals surface area (Å²) >= 11 is 0. The summed E-state index contributed by atoms with van der Waals surface area (Å²) in [5.41, 5.74) is 3.41. The third-order valence-electron chi connectivity index (χ3n) is 3.63. The first kappa shape index (κ1) is 12.4. The van der Waals surface area contributed by atoms with Gasteiger partial charge in [-0.15, -0.1) is 0 Å². The van der Waals surface area contributed by atoms with Crippen LogP contribution in [0.3, 0.4) is 0 Å². The zero-order valence-corrected chi connectivity index (χ0v) is 11.0. The number of benzene rings is 1. The molecule has 1 aliphatic heterocycles. The normalized spacial score (nSPS) is 19.9. The van der Waals surface area contributed by atoms with Crippen LogP contribution < -0.4 is 4.90 Å². The van der Waals surface area contributed by atoms with Gasteiger partial charge >= 0.3 is 0 Å². The lowest BCUT2D eigenvalue weighted by molar-refractivity contribution is 0.00364. The molecule has 2 heterocycles. The molecule has 1 aliphatic rings. The molecule has 0 bridgehead atoms. The third-order valence-corrected chi connectivity index (χ3v) is 3.63. The maximum atomic E-state index is 9.25. The van der Waals surface area contributed by atoms with Crippen LogP contribution >= 0.6 is 0 Å². The van der Waals surface area contributed by atoms with Crippen LogP contribution in [0.1, 0.15) is 5.56 Å². The Balaban J connectivity index is 2.03. The largest absolute Gasteiger partial charge is 0.394 e. The van der Waals surface area contributed by atoms with Crippen LogP contribution in [0, 0.1) is 6.92 Å². The minimum atomic E-state index is -0.0956. The van der Waals surface area contributed by atoms with Crippen molar-refractivity contribution in [2.45, 2.75) is 13.0 Å². The first-order chi connectivity index (χ1) is 9.29. The van der Waals surface area contributed by atoms with Gasteiger partial charge in [0.15, 0.2) is 0 Å². The molecule has 2 aromatic rings. The van der Waals surface area contributed by atoms with Gasteiger partial charge in [0.05, 0.1) is 24.8 Å². The van der Waals surface area contributed by atoms with Crippen molar-refractivity contribution in [3.05, 3.63) is 36.0 Å². The van der Waals surface area contributed by atoms with E-state index in [0.717, 1.165) is 18.6 Å². The second kappa shape index (κ2) is 5.15. The number of morpholine rings is 1. The average molecular weight is 258 g/mol. The molecule has 3 rings (SSSR count). The summed E-state index contributed by atoms with van der Waals surface area (Å²) in [5, 5.41) is 10.4. The number of aromatic nitrogens is 1. The van der Waals surface area contributed by atoms with E-state index in [9.17, 15) is 5.11 Å². The van der Waals surface area contributed by atoms with Crippen LogP contribution in [0.15, 0.2) is 30.5 Å². The highest BCUT2D eigenvalue weighted by molar-refractivity contribution is 5.93. The van der Waals surface area contributed by atoms with Gasteiger partial charge in [0, 0.05) is 30.4 Å². The standard InChI is InChI=1S/C15H18N2O2/c1-11-3-2-4-13-14(5-6-16-15(11)13)17-7-8-19-12(9-17)10-18/h2-6,12,18H,7-10H2,1H3. The van der Waals surface area contributed by atoms with E-state index in [-0.39, 0.29) is 12.7 Å². The second-order valence-corrected chi connectivity index (χ2v) is 4.92. The van der Waals surface area contributed by atoms with Gasteiger partial charge in [0.25, 0.3) is 0 Å². The Kier molecular flexibility index (Phi) is 3.36. The summed E-state index contributed by atoms with van der Waals surface area (Å²) in [6.45, 7) is 4.38. The summed E-state index contributed by atoms with van der Waals surface area (Å²) in [4.78, 5) is 6.74. The molecule has 1 aromatic heterocycles. The molecule has 1 unspecified atom stereocenters. The van der Waals surface area contributed by atoms with Gasteiger partial charge in [0.2, 0.25) is 0 Å². The summed E-state index contributed by atoms with van der Waals surface area (Å²) < 4.78 is 5.51. The van der Waals surface area contributed by atoms with Crippen molar-refractivity contribution in [1.29, 1.82) is 0 Å². The molecular weight excluding hydrogens is 240 g/mol. The second-order valence-electron chi connectivity index (χ2n) is 4.92. The molecule has 1 fully saturated rings. The smallest absolute Gasteiger partial charge is 0.0980 e. The zero-order chi connectivity index (χ0) is 13.2. The van der Waals surface area contributed by atoms with Crippen LogP contribution in [0.25, 0.3) is 10.9 Å². The van der Waals surface area contributed by atoms with E-state index < -0.39 is 0 Å². The molecule has 19 heavy (non-hydrogen) atoms. The first-order valence-corrected chi connectivity index (χ1v) is 6.61. The summed E-state index contributed by atoms with van der Waals surface area (Å²) in [7, 11) is 0. The minimum absolute atomic E-state index is 0.0680. The molecule has 1 saturated heterocycles. The van der Waals surface area contributed by atoms with Crippen LogP contribution in [-0.2, 0) is 4.74 Å². The number of hydrogen-bond donors (Lipinski definition) is 1. The van der Waals surface area contributed by atoms with Gasteiger partial charge < -0.3 is 14.7 Å². The van der Waals surface area contributed by atoms with E-state index in [1.54, 1.807) is 0 Å². The van der Waals surface area contributed by atoms with E-state index in [0.29, 0.717) is 6.61 Å². The average Bonchev–Trinajstić information content (AvgIpc) is 2.47. The van der Waals surface area contributed by atoms with Crippen molar-refractivity contribution in [2.24, 2.45) is 0 Å². The lowest BCUT2D eigenvalue weighted by atomic mass is 10.1. The Morgan fingerprint density at radius 3 is 3.16 bits per heavy atom. The highest BCUT2D eigenvalue weighted by atomic mass is 16.5. The lowest BCUT2D eigenvalue weighted by Crippen LogP contribution is -2.44. The monoisotopic (exact) mass is 258 g/mol. The highest BCUT2D eigenvalue weighted by Crippen LogP contribution is 2.28. The van der Waals surface area contributed by atoms with E-state index >= 15 is 0 Å². The predicted octanol–water partition coefficient (Wildman–Crippen LogP) is 1.74. The molecule has 0 saturated carbocycles. The molecule has 0 spiro atoms. The predicted molar refractivity (Wildman–Crippen MR) is 75.5 cm³/mol. The van der Waals surface area contributed by atoms with Crippen LogP contribution in [0.5, 0.6) is 0 Å². The molecule has 4 nitrogen and oxygen atoms in total. The topological polar surface area (TPSA) is 45.6 Å². The molecule has 0 amide bonds. The van der Waals surface area contributed by atoms with Gasteiger partial charge in [-0.25, -0.2) is 0 Å². The number of fused-ring (bicyclic) bond motifs is 1. The molecular formula is C15H18N2O2. The number of pyridine rings is 1. The zero-order valence-electron chi connectivity index (χ0n) is 11.0. The van der Waals surface area contributed by atoms with Crippen molar-refractivity contribution >= 4 is 16.6 Å². The van der Waals surface area contributed by atoms with Gasteiger partial charge in [-0.3, -0.25) is 4.98 Å². The maximum absolute atomic E-state index is 9.25. The molecule has 1 aromatic carbocycles. The Morgan fingerprint density at radius 2 is 2.32 bits per heavy atom. The van der Waals surface area contributed by atoms with Crippen molar-refractivity contribution in [3.63, 3.8) is 0 Å².